The van der Waals surface area contributed by atoms with E-state index in [1.807, 2.05) is 0 Å². The lowest BCUT2D eigenvalue weighted by Gasteiger charge is -2.18. The van der Waals surface area contributed by atoms with Crippen molar-refractivity contribution in [1.82, 2.24) is 35.3 Å². The van der Waals surface area contributed by atoms with E-state index in [0.717, 1.165) is 4.31 Å². The maximum absolute atomic E-state index is 12.6. The van der Waals surface area contributed by atoms with Gasteiger partial charge in [0.15, 0.2) is 0 Å². The van der Waals surface area contributed by atoms with Crippen LogP contribution in [0.3, 0.4) is 0 Å². The van der Waals surface area contributed by atoms with E-state index >= 15 is 0 Å². The lowest BCUT2D eigenvalue weighted by Crippen LogP contribution is -2.50. The van der Waals surface area contributed by atoms with Crippen LogP contribution >= 0.6 is 11.6 Å². The van der Waals surface area contributed by atoms with Crippen molar-refractivity contribution in [3.05, 3.63) is 59.4 Å². The standard InChI is InChI=1S/C20H22ClN9O6S/c1-29(2)37(35,36)26-14-6-3-12(4-7-14)9-16(18(31)25-34)24-20(33)19(32)23-15-10-13(21)5-8-17(15)30-11-22-27-28-30/h3-8,10-11,16,26,34H,9H2,1-2H3,(H,23,32)(H,24,33)(H,25,31)/t16-/m0/s1. The Kier molecular flexibility index (Phi) is 8.72. The van der Waals surface area contributed by atoms with Crippen LogP contribution in [-0.4, -0.2) is 76.0 Å². The van der Waals surface area contributed by atoms with Gasteiger partial charge in [0.05, 0.1) is 11.4 Å². The number of aromatic nitrogens is 4. The fraction of sp³-hybridized carbons (Fsp3) is 0.200. The van der Waals surface area contributed by atoms with E-state index in [0.29, 0.717) is 11.3 Å². The van der Waals surface area contributed by atoms with Gasteiger partial charge in [0, 0.05) is 31.2 Å². The molecule has 0 spiro atoms. The molecule has 0 bridgehead atoms. The van der Waals surface area contributed by atoms with E-state index in [-0.39, 0.29) is 22.8 Å². The number of amides is 3. The normalized spacial score (nSPS) is 12.0. The molecule has 0 aliphatic rings. The van der Waals surface area contributed by atoms with Gasteiger partial charge in [0.1, 0.15) is 12.4 Å². The number of tetrazole rings is 1. The van der Waals surface area contributed by atoms with Gasteiger partial charge in [-0.2, -0.15) is 17.4 Å². The highest BCUT2D eigenvalue weighted by molar-refractivity contribution is 7.90. The van der Waals surface area contributed by atoms with Crippen LogP contribution in [0, 0.1) is 0 Å². The summed E-state index contributed by atoms with van der Waals surface area (Å²) in [4.78, 5) is 37.3. The van der Waals surface area contributed by atoms with Crippen molar-refractivity contribution in [1.29, 1.82) is 0 Å². The van der Waals surface area contributed by atoms with Gasteiger partial charge < -0.3 is 10.6 Å². The third-order valence-corrected chi connectivity index (χ3v) is 6.55. The lowest BCUT2D eigenvalue weighted by atomic mass is 10.0. The highest BCUT2D eigenvalue weighted by atomic mass is 35.5. The van der Waals surface area contributed by atoms with Crippen molar-refractivity contribution in [2.24, 2.45) is 0 Å². The van der Waals surface area contributed by atoms with Crippen molar-refractivity contribution in [2.75, 3.05) is 24.1 Å². The van der Waals surface area contributed by atoms with Gasteiger partial charge in [0.2, 0.25) is 0 Å². The highest BCUT2D eigenvalue weighted by Crippen LogP contribution is 2.23. The lowest BCUT2D eigenvalue weighted by molar-refractivity contribution is -0.139. The summed E-state index contributed by atoms with van der Waals surface area (Å²) in [5.74, 6) is -3.27. The van der Waals surface area contributed by atoms with Crippen molar-refractivity contribution < 1.29 is 28.0 Å². The first-order chi connectivity index (χ1) is 17.5. The molecule has 37 heavy (non-hydrogen) atoms. The van der Waals surface area contributed by atoms with Crippen LogP contribution < -0.4 is 20.8 Å². The number of halogens is 1. The molecule has 0 unspecified atom stereocenters. The van der Waals surface area contributed by atoms with E-state index in [1.54, 1.807) is 0 Å². The SMILES string of the molecule is CN(C)S(=O)(=O)Nc1ccc(C[C@H](NC(=O)C(=O)Nc2cc(Cl)ccc2-n2cnnn2)C(=O)NO)cc1. The zero-order chi connectivity index (χ0) is 27.2. The second-order valence-corrected chi connectivity index (χ2v) is 9.98. The summed E-state index contributed by atoms with van der Waals surface area (Å²) in [7, 11) is -0.977. The van der Waals surface area contributed by atoms with E-state index in [4.69, 9.17) is 16.8 Å². The molecule has 0 fully saturated rings. The molecule has 1 heterocycles. The summed E-state index contributed by atoms with van der Waals surface area (Å²) in [6.45, 7) is 0. The fourth-order valence-electron chi connectivity index (χ4n) is 2.95. The number of carbonyl (C=O) groups excluding carboxylic acids is 3. The smallest absolute Gasteiger partial charge is 0.313 e. The van der Waals surface area contributed by atoms with Crippen LogP contribution in [0.5, 0.6) is 0 Å². The Morgan fingerprint density at radius 1 is 1.11 bits per heavy atom. The molecular weight excluding hydrogens is 530 g/mol. The van der Waals surface area contributed by atoms with Crippen LogP contribution in [-0.2, 0) is 31.0 Å². The van der Waals surface area contributed by atoms with Crippen LogP contribution in [0.1, 0.15) is 5.56 Å². The molecule has 0 saturated heterocycles. The molecular formula is C20H22ClN9O6S. The summed E-state index contributed by atoms with van der Waals surface area (Å²) < 4.78 is 28.5. The third kappa shape index (κ3) is 7.20. The molecule has 0 saturated carbocycles. The molecule has 1 aromatic heterocycles. The summed E-state index contributed by atoms with van der Waals surface area (Å²) in [6, 6.07) is 9.04. The van der Waals surface area contributed by atoms with Crippen LogP contribution in [0.4, 0.5) is 11.4 Å². The molecule has 0 aliphatic heterocycles. The minimum Gasteiger partial charge on any atom is -0.336 e. The Morgan fingerprint density at radius 3 is 2.41 bits per heavy atom. The zero-order valence-corrected chi connectivity index (χ0v) is 21.0. The van der Waals surface area contributed by atoms with E-state index < -0.39 is 34.0 Å². The maximum Gasteiger partial charge on any atom is 0.313 e. The van der Waals surface area contributed by atoms with Crippen LogP contribution in [0.2, 0.25) is 5.02 Å². The van der Waals surface area contributed by atoms with Crippen molar-refractivity contribution >= 4 is 50.9 Å². The number of benzene rings is 2. The third-order valence-electron chi connectivity index (χ3n) is 4.86. The molecule has 17 heteroatoms. The first-order valence-corrected chi connectivity index (χ1v) is 12.2. The van der Waals surface area contributed by atoms with Crippen LogP contribution in [0.25, 0.3) is 5.69 Å². The molecule has 15 nitrogen and oxygen atoms in total. The summed E-state index contributed by atoms with van der Waals surface area (Å²) >= 11 is 6.00. The largest absolute Gasteiger partial charge is 0.336 e. The minimum absolute atomic E-state index is 0.124. The number of anilines is 2. The van der Waals surface area contributed by atoms with Gasteiger partial charge in [0.25, 0.3) is 5.91 Å². The maximum atomic E-state index is 12.6. The number of nitrogens with zero attached hydrogens (tertiary/aromatic N) is 5. The van der Waals surface area contributed by atoms with Crippen LogP contribution in [0.15, 0.2) is 48.8 Å². The molecule has 196 valence electrons. The molecule has 1 atom stereocenters. The van der Waals surface area contributed by atoms with Gasteiger partial charge in [-0.25, -0.2) is 5.48 Å². The Balaban J connectivity index is 1.71. The number of hydroxylamine groups is 1. The Bertz CT molecular complexity index is 1380. The van der Waals surface area contributed by atoms with E-state index in [1.165, 1.54) is 73.0 Å². The van der Waals surface area contributed by atoms with E-state index in [2.05, 4.69) is 30.9 Å². The van der Waals surface area contributed by atoms with Crippen molar-refractivity contribution in [3.8, 4) is 5.69 Å². The van der Waals surface area contributed by atoms with Crippen molar-refractivity contribution in [2.45, 2.75) is 12.5 Å². The Hall–Kier alpha value is -4.12. The molecule has 0 radical (unpaired) electrons. The van der Waals surface area contributed by atoms with Gasteiger partial charge in [-0.3, -0.25) is 24.3 Å². The predicted octanol–water partition coefficient (Wildman–Crippen LogP) is -0.295. The van der Waals surface area contributed by atoms with Crippen molar-refractivity contribution in [3.63, 3.8) is 0 Å². The number of hydrogen-bond acceptors (Lipinski definition) is 9. The first kappa shape index (κ1) is 27.5. The summed E-state index contributed by atoms with van der Waals surface area (Å²) in [6.07, 6.45) is 1.15. The summed E-state index contributed by atoms with van der Waals surface area (Å²) in [5.41, 5.74) is 2.66. The van der Waals surface area contributed by atoms with Gasteiger partial charge in [-0.15, -0.1) is 5.10 Å². The predicted molar refractivity (Wildman–Crippen MR) is 131 cm³/mol. The molecule has 3 amide bonds. The average molecular weight is 552 g/mol. The van der Waals surface area contributed by atoms with E-state index in [9.17, 15) is 22.8 Å². The number of hydrogen-bond donors (Lipinski definition) is 5. The minimum atomic E-state index is -3.71. The molecule has 0 aliphatic carbocycles. The Morgan fingerprint density at radius 2 is 1.81 bits per heavy atom. The van der Waals surface area contributed by atoms with Gasteiger partial charge in [-0.05, 0) is 46.3 Å². The number of rotatable bonds is 9. The van der Waals surface area contributed by atoms with Gasteiger partial charge in [-0.1, -0.05) is 23.7 Å². The monoisotopic (exact) mass is 551 g/mol. The number of carbonyl (C=O) groups is 3. The molecule has 2 aromatic carbocycles. The second kappa shape index (κ2) is 11.7. The molecule has 3 aromatic rings. The average Bonchev–Trinajstić information content (AvgIpc) is 3.38. The van der Waals surface area contributed by atoms with Gasteiger partial charge >= 0.3 is 22.0 Å². The summed E-state index contributed by atoms with van der Waals surface area (Å²) in [5, 5.41) is 24.8. The number of nitrogens with one attached hydrogen (secondary N) is 4. The molecule has 5 N–H and O–H groups in total. The zero-order valence-electron chi connectivity index (χ0n) is 19.4. The molecule has 3 rings (SSSR count). The quantitative estimate of drug-likeness (QED) is 0.134. The fourth-order valence-corrected chi connectivity index (χ4v) is 3.74. The first-order valence-electron chi connectivity index (χ1n) is 10.4. The topological polar surface area (TPSA) is 201 Å². The Labute approximate surface area is 215 Å². The highest BCUT2D eigenvalue weighted by Gasteiger charge is 2.25. The second-order valence-electron chi connectivity index (χ2n) is 7.66.